The minimum Gasteiger partial charge on any atom is -0.493 e. The first-order chi connectivity index (χ1) is 11.6. The molecule has 0 aliphatic heterocycles. The molecule has 0 saturated carbocycles. The molecule has 2 aromatic rings. The Labute approximate surface area is 143 Å². The second-order valence-electron chi connectivity index (χ2n) is 5.53. The number of carbonyl (C=O) groups is 1. The van der Waals surface area contributed by atoms with Gasteiger partial charge in [-0.05, 0) is 43.5 Å². The monoisotopic (exact) mass is 327 g/mol. The molecule has 1 heterocycles. The van der Waals surface area contributed by atoms with Gasteiger partial charge in [-0.1, -0.05) is 31.2 Å². The minimum atomic E-state index is -0.121. The Morgan fingerprint density at radius 1 is 1.38 bits per heavy atom. The molecule has 0 unspecified atom stereocenters. The number of amides is 1. The largest absolute Gasteiger partial charge is 0.493 e. The van der Waals surface area contributed by atoms with Crippen LogP contribution >= 0.6 is 0 Å². The first kappa shape index (κ1) is 17.8. The lowest BCUT2D eigenvalue weighted by Crippen LogP contribution is -2.25. The van der Waals surface area contributed by atoms with E-state index in [0.29, 0.717) is 18.8 Å². The third-order valence-corrected chi connectivity index (χ3v) is 3.67. The van der Waals surface area contributed by atoms with Gasteiger partial charge < -0.3 is 10.1 Å². The molecule has 5 heteroatoms. The van der Waals surface area contributed by atoms with Crippen molar-refractivity contribution in [2.75, 3.05) is 6.61 Å². The first-order valence-electron chi connectivity index (χ1n) is 8.28. The molecular weight excluding hydrogens is 302 g/mol. The highest BCUT2D eigenvalue weighted by Gasteiger charge is 2.12. The van der Waals surface area contributed by atoms with Crippen molar-refractivity contribution >= 4 is 5.91 Å². The van der Waals surface area contributed by atoms with E-state index in [9.17, 15) is 4.79 Å². The quantitative estimate of drug-likeness (QED) is 0.598. The van der Waals surface area contributed by atoms with E-state index < -0.39 is 0 Å². The zero-order chi connectivity index (χ0) is 17.4. The Bertz CT molecular complexity index is 704. The molecule has 0 fully saturated rings. The standard InChI is InChI=1S/C19H25N3O2/c1-4-6-7-11-24-17-10-8-9-15(12-17)14-20-19(23)18-13-16(5-2)21-22(18)3/h4,6,8-10,12-13H,5,7,11,14H2,1-3H3,(H,20,23). The van der Waals surface area contributed by atoms with Gasteiger partial charge in [0.15, 0.2) is 0 Å². The number of aryl methyl sites for hydroxylation is 2. The van der Waals surface area contributed by atoms with Crippen molar-refractivity contribution in [3.05, 3.63) is 59.4 Å². The third-order valence-electron chi connectivity index (χ3n) is 3.67. The number of nitrogens with zero attached hydrogens (tertiary/aromatic N) is 2. The highest BCUT2D eigenvalue weighted by Crippen LogP contribution is 2.14. The lowest BCUT2D eigenvalue weighted by molar-refractivity contribution is 0.0941. The van der Waals surface area contributed by atoms with E-state index in [1.807, 2.05) is 50.3 Å². The maximum atomic E-state index is 12.3. The van der Waals surface area contributed by atoms with Crippen molar-refractivity contribution in [2.45, 2.75) is 33.2 Å². The Hall–Kier alpha value is -2.56. The molecule has 0 aliphatic rings. The van der Waals surface area contributed by atoms with Crippen LogP contribution in [0.3, 0.4) is 0 Å². The number of allylic oxidation sites excluding steroid dienone is 1. The van der Waals surface area contributed by atoms with E-state index in [1.54, 1.807) is 11.7 Å². The van der Waals surface area contributed by atoms with Gasteiger partial charge in [-0.2, -0.15) is 5.10 Å². The maximum Gasteiger partial charge on any atom is 0.269 e. The molecule has 1 aromatic heterocycles. The molecule has 1 N–H and O–H groups in total. The van der Waals surface area contributed by atoms with Gasteiger partial charge >= 0.3 is 0 Å². The Morgan fingerprint density at radius 3 is 2.92 bits per heavy atom. The molecule has 0 saturated heterocycles. The van der Waals surface area contributed by atoms with Crippen LogP contribution < -0.4 is 10.1 Å². The SMILES string of the molecule is CC=CCCOc1cccc(CNC(=O)c2cc(CC)nn2C)c1. The number of hydrogen-bond acceptors (Lipinski definition) is 3. The normalized spacial score (nSPS) is 11.0. The van der Waals surface area contributed by atoms with E-state index in [2.05, 4.69) is 16.5 Å². The summed E-state index contributed by atoms with van der Waals surface area (Å²) in [4.78, 5) is 12.3. The Morgan fingerprint density at radius 2 is 2.21 bits per heavy atom. The zero-order valence-electron chi connectivity index (χ0n) is 14.6. The van der Waals surface area contributed by atoms with Crippen molar-refractivity contribution < 1.29 is 9.53 Å². The van der Waals surface area contributed by atoms with Crippen molar-refractivity contribution in [1.82, 2.24) is 15.1 Å². The van der Waals surface area contributed by atoms with Crippen LogP contribution in [0.5, 0.6) is 5.75 Å². The fraction of sp³-hybridized carbons (Fsp3) is 0.368. The predicted molar refractivity (Wildman–Crippen MR) is 95.1 cm³/mol. The molecule has 0 spiro atoms. The third kappa shape index (κ3) is 4.98. The van der Waals surface area contributed by atoms with Crippen LogP contribution in [0.25, 0.3) is 0 Å². The van der Waals surface area contributed by atoms with E-state index in [-0.39, 0.29) is 5.91 Å². The number of rotatable bonds is 8. The van der Waals surface area contributed by atoms with Crippen LogP contribution in [-0.4, -0.2) is 22.3 Å². The van der Waals surface area contributed by atoms with E-state index in [0.717, 1.165) is 29.8 Å². The predicted octanol–water partition coefficient (Wildman–Crippen LogP) is 3.26. The molecular formula is C19H25N3O2. The summed E-state index contributed by atoms with van der Waals surface area (Å²) >= 11 is 0. The summed E-state index contributed by atoms with van der Waals surface area (Å²) in [5.74, 6) is 0.698. The van der Waals surface area contributed by atoms with Gasteiger partial charge in [-0.15, -0.1) is 0 Å². The van der Waals surface area contributed by atoms with Crippen LogP contribution in [0.1, 0.15) is 42.0 Å². The van der Waals surface area contributed by atoms with Crippen LogP contribution in [0.15, 0.2) is 42.5 Å². The Kier molecular flexibility index (Phi) is 6.61. The summed E-state index contributed by atoms with van der Waals surface area (Å²) in [6.45, 7) is 5.12. The summed E-state index contributed by atoms with van der Waals surface area (Å²) in [6.07, 6.45) is 5.78. The van der Waals surface area contributed by atoms with Crippen molar-refractivity contribution in [2.24, 2.45) is 7.05 Å². The van der Waals surface area contributed by atoms with Gasteiger partial charge in [-0.25, -0.2) is 0 Å². The summed E-state index contributed by atoms with van der Waals surface area (Å²) in [6, 6.07) is 9.62. The fourth-order valence-corrected chi connectivity index (χ4v) is 2.34. The second kappa shape index (κ2) is 8.91. The average molecular weight is 327 g/mol. The summed E-state index contributed by atoms with van der Waals surface area (Å²) in [7, 11) is 1.79. The molecule has 0 aliphatic carbocycles. The van der Waals surface area contributed by atoms with Gasteiger partial charge in [-0.3, -0.25) is 9.48 Å². The maximum absolute atomic E-state index is 12.3. The molecule has 1 aromatic carbocycles. The molecule has 1 amide bonds. The first-order valence-corrected chi connectivity index (χ1v) is 8.28. The number of nitrogens with one attached hydrogen (secondary N) is 1. The number of carbonyl (C=O) groups excluding carboxylic acids is 1. The number of ether oxygens (including phenoxy) is 1. The molecule has 24 heavy (non-hydrogen) atoms. The van der Waals surface area contributed by atoms with Crippen molar-refractivity contribution in [3.8, 4) is 5.75 Å². The second-order valence-corrected chi connectivity index (χ2v) is 5.53. The minimum absolute atomic E-state index is 0.121. The lowest BCUT2D eigenvalue weighted by Gasteiger charge is -2.08. The van der Waals surface area contributed by atoms with Gasteiger partial charge in [0.05, 0.1) is 12.3 Å². The van der Waals surface area contributed by atoms with Gasteiger partial charge in [0.1, 0.15) is 11.4 Å². The highest BCUT2D eigenvalue weighted by molar-refractivity contribution is 5.92. The molecule has 5 nitrogen and oxygen atoms in total. The number of benzene rings is 1. The topological polar surface area (TPSA) is 56.1 Å². The zero-order valence-corrected chi connectivity index (χ0v) is 14.6. The van der Waals surface area contributed by atoms with E-state index >= 15 is 0 Å². The van der Waals surface area contributed by atoms with Gasteiger partial charge in [0, 0.05) is 13.6 Å². The van der Waals surface area contributed by atoms with E-state index in [4.69, 9.17) is 4.74 Å². The van der Waals surface area contributed by atoms with Crippen molar-refractivity contribution in [1.29, 1.82) is 0 Å². The van der Waals surface area contributed by atoms with Crippen LogP contribution in [0, 0.1) is 0 Å². The molecule has 0 atom stereocenters. The number of hydrogen-bond donors (Lipinski definition) is 1. The van der Waals surface area contributed by atoms with E-state index in [1.165, 1.54) is 0 Å². The highest BCUT2D eigenvalue weighted by atomic mass is 16.5. The van der Waals surface area contributed by atoms with Gasteiger partial charge in [0.2, 0.25) is 0 Å². The summed E-state index contributed by atoms with van der Waals surface area (Å²) in [5, 5.41) is 7.23. The van der Waals surface area contributed by atoms with Crippen LogP contribution in [0.2, 0.25) is 0 Å². The molecule has 0 bridgehead atoms. The average Bonchev–Trinajstić information content (AvgIpc) is 2.98. The van der Waals surface area contributed by atoms with Crippen LogP contribution in [-0.2, 0) is 20.0 Å². The summed E-state index contributed by atoms with van der Waals surface area (Å²) < 4.78 is 7.32. The molecule has 0 radical (unpaired) electrons. The van der Waals surface area contributed by atoms with Crippen LogP contribution in [0.4, 0.5) is 0 Å². The lowest BCUT2D eigenvalue weighted by atomic mass is 10.2. The van der Waals surface area contributed by atoms with Crippen molar-refractivity contribution in [3.63, 3.8) is 0 Å². The fourth-order valence-electron chi connectivity index (χ4n) is 2.34. The molecule has 2 rings (SSSR count). The smallest absolute Gasteiger partial charge is 0.269 e. The Balaban J connectivity index is 1.91. The molecule has 128 valence electrons. The van der Waals surface area contributed by atoms with Gasteiger partial charge in [0.25, 0.3) is 5.91 Å². The number of aromatic nitrogens is 2. The summed E-state index contributed by atoms with van der Waals surface area (Å²) in [5.41, 5.74) is 2.49.